The fourth-order valence-electron chi connectivity index (χ4n) is 1.15. The van der Waals surface area contributed by atoms with E-state index in [1.54, 1.807) is 4.68 Å². The normalized spacial score (nSPS) is 12.6. The number of allylic oxidation sites excluding steroid dienone is 1. The van der Waals surface area contributed by atoms with Crippen LogP contribution in [0.5, 0.6) is 0 Å². The molecule has 1 unspecified atom stereocenters. The molecule has 0 amide bonds. The Hall–Kier alpha value is -1.13. The van der Waals surface area contributed by atoms with Crippen molar-refractivity contribution in [3.8, 4) is 0 Å². The summed E-state index contributed by atoms with van der Waals surface area (Å²) in [6.45, 7) is 4.07. The summed E-state index contributed by atoms with van der Waals surface area (Å²) in [6, 6.07) is 1.95. The summed E-state index contributed by atoms with van der Waals surface area (Å²) in [4.78, 5) is 0. The second-order valence-corrected chi connectivity index (χ2v) is 3.30. The van der Waals surface area contributed by atoms with Crippen LogP contribution >= 0.6 is 0 Å². The van der Waals surface area contributed by atoms with Gasteiger partial charge in [0.2, 0.25) is 0 Å². The Morgan fingerprint density at radius 3 is 2.77 bits per heavy atom. The summed E-state index contributed by atoms with van der Waals surface area (Å²) in [6.07, 6.45) is 3.95. The maximum atomic E-state index is 5.42. The lowest BCUT2D eigenvalue weighted by Gasteiger charge is -2.08. The van der Waals surface area contributed by atoms with Crippen LogP contribution in [0.1, 0.15) is 25.6 Å². The van der Waals surface area contributed by atoms with E-state index in [1.165, 1.54) is 5.57 Å². The first-order chi connectivity index (χ1) is 6.13. The average molecular weight is 180 g/mol. The summed E-state index contributed by atoms with van der Waals surface area (Å²) in [5, 5.41) is 4.26. The van der Waals surface area contributed by atoms with Gasteiger partial charge in [0.1, 0.15) is 0 Å². The molecular weight excluding hydrogens is 164 g/mol. The van der Waals surface area contributed by atoms with Gasteiger partial charge in [-0.1, -0.05) is 11.6 Å². The number of hydrazine groups is 1. The summed E-state index contributed by atoms with van der Waals surface area (Å²) in [7, 11) is 1.89. The predicted molar refractivity (Wildman–Crippen MR) is 52.7 cm³/mol. The lowest BCUT2D eigenvalue weighted by Crippen LogP contribution is -2.27. The number of aromatic nitrogens is 2. The van der Waals surface area contributed by atoms with Gasteiger partial charge < -0.3 is 0 Å². The Kier molecular flexibility index (Phi) is 3.22. The summed E-state index contributed by atoms with van der Waals surface area (Å²) >= 11 is 0. The predicted octanol–water partition coefficient (Wildman–Crippen LogP) is 0.891. The van der Waals surface area contributed by atoms with Crippen LogP contribution in [0.2, 0.25) is 0 Å². The zero-order valence-corrected chi connectivity index (χ0v) is 8.28. The van der Waals surface area contributed by atoms with Crippen molar-refractivity contribution in [3.05, 3.63) is 29.6 Å². The zero-order valence-electron chi connectivity index (χ0n) is 8.28. The van der Waals surface area contributed by atoms with Crippen LogP contribution in [0, 0.1) is 0 Å². The highest BCUT2D eigenvalue weighted by atomic mass is 15.3. The van der Waals surface area contributed by atoms with Crippen molar-refractivity contribution < 1.29 is 0 Å². The maximum Gasteiger partial charge on any atom is 0.0846 e. The molecule has 0 spiro atoms. The van der Waals surface area contributed by atoms with E-state index in [-0.39, 0.29) is 6.04 Å². The van der Waals surface area contributed by atoms with E-state index in [1.807, 2.05) is 39.2 Å². The molecule has 0 bridgehead atoms. The van der Waals surface area contributed by atoms with Crippen molar-refractivity contribution in [2.75, 3.05) is 0 Å². The molecule has 0 saturated carbocycles. The Morgan fingerprint density at radius 1 is 1.69 bits per heavy atom. The summed E-state index contributed by atoms with van der Waals surface area (Å²) < 4.78 is 1.76. The largest absolute Gasteiger partial charge is 0.275 e. The average Bonchev–Trinajstić information content (AvgIpc) is 2.47. The first-order valence-corrected chi connectivity index (χ1v) is 4.24. The molecule has 0 radical (unpaired) electrons. The van der Waals surface area contributed by atoms with Crippen molar-refractivity contribution in [2.24, 2.45) is 12.9 Å². The highest BCUT2D eigenvalue weighted by Gasteiger charge is 2.08. The third-order valence-corrected chi connectivity index (χ3v) is 1.73. The van der Waals surface area contributed by atoms with E-state index >= 15 is 0 Å². The molecule has 0 aliphatic carbocycles. The van der Waals surface area contributed by atoms with Gasteiger partial charge in [-0.3, -0.25) is 10.5 Å². The van der Waals surface area contributed by atoms with Crippen LogP contribution in [0.25, 0.3) is 0 Å². The van der Waals surface area contributed by atoms with E-state index in [0.717, 1.165) is 5.69 Å². The molecule has 4 nitrogen and oxygen atoms in total. The third kappa shape index (κ3) is 2.68. The number of hydrogen-bond donors (Lipinski definition) is 2. The van der Waals surface area contributed by atoms with Gasteiger partial charge in [-0.05, 0) is 19.9 Å². The number of aryl methyl sites for hydroxylation is 1. The van der Waals surface area contributed by atoms with E-state index in [4.69, 9.17) is 5.84 Å². The van der Waals surface area contributed by atoms with Crippen molar-refractivity contribution >= 4 is 0 Å². The lowest BCUT2D eigenvalue weighted by atomic mass is 10.1. The highest BCUT2D eigenvalue weighted by Crippen LogP contribution is 2.12. The minimum absolute atomic E-state index is 0.00574. The molecule has 1 rings (SSSR count). The van der Waals surface area contributed by atoms with E-state index in [2.05, 4.69) is 10.5 Å². The summed E-state index contributed by atoms with van der Waals surface area (Å²) in [5.74, 6) is 5.42. The first kappa shape index (κ1) is 9.95. The Morgan fingerprint density at radius 2 is 2.38 bits per heavy atom. The van der Waals surface area contributed by atoms with Crippen LogP contribution in [0.3, 0.4) is 0 Å². The fourth-order valence-corrected chi connectivity index (χ4v) is 1.15. The Balaban J connectivity index is 2.84. The minimum Gasteiger partial charge on any atom is -0.275 e. The SMILES string of the molecule is CC(C)=CC(NN)c1ccn(C)n1. The molecule has 1 atom stereocenters. The standard InChI is InChI=1S/C9H16N4/c1-7(2)6-9(11-10)8-4-5-13(3)12-8/h4-6,9,11H,10H2,1-3H3. The smallest absolute Gasteiger partial charge is 0.0846 e. The molecule has 72 valence electrons. The van der Waals surface area contributed by atoms with Crippen molar-refractivity contribution in [1.29, 1.82) is 0 Å². The van der Waals surface area contributed by atoms with E-state index in [9.17, 15) is 0 Å². The van der Waals surface area contributed by atoms with Gasteiger partial charge in [-0.25, -0.2) is 5.43 Å². The topological polar surface area (TPSA) is 55.9 Å². The minimum atomic E-state index is 0.00574. The first-order valence-electron chi connectivity index (χ1n) is 4.24. The monoisotopic (exact) mass is 180 g/mol. The molecule has 0 aromatic carbocycles. The van der Waals surface area contributed by atoms with Crippen molar-refractivity contribution in [1.82, 2.24) is 15.2 Å². The molecule has 0 aliphatic heterocycles. The van der Waals surface area contributed by atoms with Gasteiger partial charge in [0.25, 0.3) is 0 Å². The van der Waals surface area contributed by atoms with Crippen LogP contribution in [-0.4, -0.2) is 9.78 Å². The van der Waals surface area contributed by atoms with Gasteiger partial charge >= 0.3 is 0 Å². The molecular formula is C9H16N4. The summed E-state index contributed by atoms with van der Waals surface area (Å²) in [5.41, 5.74) is 4.86. The van der Waals surface area contributed by atoms with Crippen LogP contribution in [0.15, 0.2) is 23.9 Å². The second kappa shape index (κ2) is 4.20. The Bertz CT molecular complexity index is 296. The Labute approximate surface area is 78.4 Å². The number of hydrogen-bond acceptors (Lipinski definition) is 3. The van der Waals surface area contributed by atoms with Crippen molar-refractivity contribution in [2.45, 2.75) is 19.9 Å². The van der Waals surface area contributed by atoms with Crippen LogP contribution < -0.4 is 11.3 Å². The lowest BCUT2D eigenvalue weighted by molar-refractivity contribution is 0.616. The third-order valence-electron chi connectivity index (χ3n) is 1.73. The molecule has 0 fully saturated rings. The molecule has 3 N–H and O–H groups in total. The van der Waals surface area contributed by atoms with Gasteiger partial charge in [0.05, 0.1) is 11.7 Å². The van der Waals surface area contributed by atoms with Crippen LogP contribution in [0.4, 0.5) is 0 Å². The van der Waals surface area contributed by atoms with Crippen LogP contribution in [-0.2, 0) is 7.05 Å². The van der Waals surface area contributed by atoms with Gasteiger partial charge in [-0.2, -0.15) is 5.10 Å². The highest BCUT2D eigenvalue weighted by molar-refractivity contribution is 5.14. The molecule has 1 heterocycles. The van der Waals surface area contributed by atoms with Gasteiger partial charge in [-0.15, -0.1) is 0 Å². The fraction of sp³-hybridized carbons (Fsp3) is 0.444. The van der Waals surface area contributed by atoms with Crippen molar-refractivity contribution in [3.63, 3.8) is 0 Å². The molecule has 0 aliphatic rings. The van der Waals surface area contributed by atoms with Gasteiger partial charge in [0.15, 0.2) is 0 Å². The number of rotatable bonds is 3. The molecule has 1 aromatic heterocycles. The number of nitrogens with one attached hydrogen (secondary N) is 1. The zero-order chi connectivity index (χ0) is 9.84. The number of nitrogens with two attached hydrogens (primary N) is 1. The molecule has 1 aromatic rings. The van der Waals surface area contributed by atoms with Gasteiger partial charge in [0, 0.05) is 13.2 Å². The van der Waals surface area contributed by atoms with E-state index < -0.39 is 0 Å². The maximum absolute atomic E-state index is 5.42. The molecule has 13 heavy (non-hydrogen) atoms. The molecule has 4 heteroatoms. The molecule has 0 saturated heterocycles. The van der Waals surface area contributed by atoms with E-state index in [0.29, 0.717) is 0 Å². The number of nitrogens with zero attached hydrogens (tertiary/aromatic N) is 2. The quantitative estimate of drug-likeness (QED) is 0.412. The second-order valence-electron chi connectivity index (χ2n) is 3.30.